The Hall–Kier alpha value is -2.02. The molecule has 0 aliphatic rings. The molecule has 1 aromatic rings. The first-order chi connectivity index (χ1) is 7.69. The predicted molar refractivity (Wildman–Crippen MR) is 58.1 cm³/mol. The summed E-state index contributed by atoms with van der Waals surface area (Å²) in [5, 5.41) is 17.5. The smallest absolute Gasteiger partial charge is 0.321 e. The molecule has 1 rings (SSSR count). The van der Waals surface area contributed by atoms with Gasteiger partial charge in [0.05, 0.1) is 12.7 Å². The Bertz CT molecular complexity index is 409. The summed E-state index contributed by atoms with van der Waals surface area (Å²) in [4.78, 5) is 10.7. The van der Waals surface area contributed by atoms with Crippen LogP contribution in [0.25, 0.3) is 0 Å². The molecule has 0 heterocycles. The highest BCUT2D eigenvalue weighted by atomic mass is 16.5. The van der Waals surface area contributed by atoms with E-state index in [-0.39, 0.29) is 6.42 Å². The first kappa shape index (κ1) is 12.1. The number of hydrogen-bond acceptors (Lipinski definition) is 3. The van der Waals surface area contributed by atoms with Gasteiger partial charge in [0.15, 0.2) is 0 Å². The molecule has 0 aromatic heterocycles. The van der Waals surface area contributed by atoms with Crippen LogP contribution in [-0.4, -0.2) is 17.7 Å². The lowest BCUT2D eigenvalue weighted by atomic mass is 10.0. The number of para-hydroxylation sites is 1. The molecular weight excluding hydrogens is 206 g/mol. The Labute approximate surface area is 94.1 Å². The molecule has 0 saturated heterocycles. The van der Waals surface area contributed by atoms with Crippen LogP contribution in [0.5, 0.6) is 5.75 Å². The van der Waals surface area contributed by atoms with Crippen molar-refractivity contribution in [2.24, 2.45) is 5.92 Å². The molecule has 0 saturated carbocycles. The van der Waals surface area contributed by atoms with Gasteiger partial charge < -0.3 is 9.84 Å². The van der Waals surface area contributed by atoms with E-state index in [1.165, 1.54) is 0 Å². The SMILES string of the molecule is CCOc1ccccc1CC(C#N)C(=O)O. The van der Waals surface area contributed by atoms with Gasteiger partial charge in [-0.05, 0) is 18.6 Å². The Kier molecular flexibility index (Phi) is 4.34. The number of nitrogens with zero attached hydrogens (tertiary/aromatic N) is 1. The van der Waals surface area contributed by atoms with Crippen molar-refractivity contribution in [3.8, 4) is 11.8 Å². The number of ether oxygens (including phenoxy) is 1. The molecule has 1 unspecified atom stereocenters. The maximum absolute atomic E-state index is 10.7. The molecule has 0 aliphatic heterocycles. The Morgan fingerprint density at radius 3 is 2.81 bits per heavy atom. The van der Waals surface area contributed by atoms with Gasteiger partial charge in [-0.1, -0.05) is 18.2 Å². The molecule has 1 atom stereocenters. The summed E-state index contributed by atoms with van der Waals surface area (Å²) >= 11 is 0. The van der Waals surface area contributed by atoms with E-state index in [0.29, 0.717) is 12.4 Å². The maximum atomic E-state index is 10.7. The number of carboxylic acid groups (broad SMARTS) is 1. The van der Waals surface area contributed by atoms with Gasteiger partial charge in [0.2, 0.25) is 0 Å². The van der Waals surface area contributed by atoms with Gasteiger partial charge in [0.25, 0.3) is 0 Å². The Morgan fingerprint density at radius 2 is 2.25 bits per heavy atom. The largest absolute Gasteiger partial charge is 0.494 e. The molecule has 4 heteroatoms. The van der Waals surface area contributed by atoms with Crippen LogP contribution in [0.4, 0.5) is 0 Å². The minimum atomic E-state index is -1.10. The molecule has 1 aromatic carbocycles. The predicted octanol–water partition coefficient (Wildman–Crippen LogP) is 1.85. The first-order valence-corrected chi connectivity index (χ1v) is 5.02. The zero-order valence-electron chi connectivity index (χ0n) is 9.01. The zero-order chi connectivity index (χ0) is 12.0. The van der Waals surface area contributed by atoms with Gasteiger partial charge in [0, 0.05) is 6.42 Å². The number of aliphatic carboxylic acids is 1. The van der Waals surface area contributed by atoms with Crippen LogP contribution >= 0.6 is 0 Å². The number of carboxylic acids is 1. The van der Waals surface area contributed by atoms with Gasteiger partial charge >= 0.3 is 5.97 Å². The second-order valence-corrected chi connectivity index (χ2v) is 3.26. The van der Waals surface area contributed by atoms with E-state index in [1.54, 1.807) is 24.3 Å². The molecule has 1 N–H and O–H groups in total. The van der Waals surface area contributed by atoms with Crippen LogP contribution < -0.4 is 4.74 Å². The third-order valence-corrected chi connectivity index (χ3v) is 2.15. The molecular formula is C12H13NO3. The number of rotatable bonds is 5. The lowest BCUT2D eigenvalue weighted by Crippen LogP contribution is -2.14. The first-order valence-electron chi connectivity index (χ1n) is 5.02. The fourth-order valence-corrected chi connectivity index (χ4v) is 1.38. The van der Waals surface area contributed by atoms with Crippen molar-refractivity contribution in [1.82, 2.24) is 0 Å². The monoisotopic (exact) mass is 219 g/mol. The zero-order valence-corrected chi connectivity index (χ0v) is 9.01. The molecule has 0 amide bonds. The molecule has 16 heavy (non-hydrogen) atoms. The van der Waals surface area contributed by atoms with Gasteiger partial charge in [0.1, 0.15) is 11.7 Å². The lowest BCUT2D eigenvalue weighted by Gasteiger charge is -2.10. The van der Waals surface area contributed by atoms with Crippen molar-refractivity contribution in [2.45, 2.75) is 13.3 Å². The van der Waals surface area contributed by atoms with E-state index >= 15 is 0 Å². The minimum Gasteiger partial charge on any atom is -0.494 e. The van der Waals surface area contributed by atoms with E-state index in [2.05, 4.69) is 0 Å². The van der Waals surface area contributed by atoms with Crippen molar-refractivity contribution >= 4 is 5.97 Å². The van der Waals surface area contributed by atoms with Crippen molar-refractivity contribution in [2.75, 3.05) is 6.61 Å². The molecule has 0 spiro atoms. The molecule has 0 fully saturated rings. The quantitative estimate of drug-likeness (QED) is 0.820. The average Bonchev–Trinajstić information content (AvgIpc) is 2.27. The molecule has 84 valence electrons. The van der Waals surface area contributed by atoms with Crippen molar-refractivity contribution in [1.29, 1.82) is 5.26 Å². The second kappa shape index (κ2) is 5.76. The van der Waals surface area contributed by atoms with E-state index in [4.69, 9.17) is 15.1 Å². The standard InChI is InChI=1S/C12H13NO3/c1-2-16-11-6-4-3-5-9(11)7-10(8-13)12(14)15/h3-6,10H,2,7H2,1H3,(H,14,15). The van der Waals surface area contributed by atoms with E-state index in [1.807, 2.05) is 13.0 Å². The van der Waals surface area contributed by atoms with Gasteiger partial charge in [-0.3, -0.25) is 4.79 Å². The number of nitriles is 1. The Balaban J connectivity index is 2.87. The lowest BCUT2D eigenvalue weighted by molar-refractivity contribution is -0.139. The number of carbonyl (C=O) groups is 1. The van der Waals surface area contributed by atoms with Crippen LogP contribution in [0.2, 0.25) is 0 Å². The highest BCUT2D eigenvalue weighted by molar-refractivity contribution is 5.73. The summed E-state index contributed by atoms with van der Waals surface area (Å²) in [5.74, 6) is -1.48. The molecule has 0 radical (unpaired) electrons. The van der Waals surface area contributed by atoms with Crippen molar-refractivity contribution in [3.05, 3.63) is 29.8 Å². The highest BCUT2D eigenvalue weighted by Crippen LogP contribution is 2.21. The highest BCUT2D eigenvalue weighted by Gasteiger charge is 2.18. The summed E-state index contributed by atoms with van der Waals surface area (Å²) in [6, 6.07) is 8.93. The summed E-state index contributed by atoms with van der Waals surface area (Å²) in [5.41, 5.74) is 0.748. The van der Waals surface area contributed by atoms with Gasteiger partial charge in [-0.2, -0.15) is 5.26 Å². The summed E-state index contributed by atoms with van der Waals surface area (Å²) < 4.78 is 5.36. The van der Waals surface area contributed by atoms with Gasteiger partial charge in [-0.15, -0.1) is 0 Å². The summed E-state index contributed by atoms with van der Waals surface area (Å²) in [7, 11) is 0. The van der Waals surface area contributed by atoms with Crippen molar-refractivity contribution < 1.29 is 14.6 Å². The van der Waals surface area contributed by atoms with Gasteiger partial charge in [-0.25, -0.2) is 0 Å². The molecule has 4 nitrogen and oxygen atoms in total. The summed E-state index contributed by atoms with van der Waals surface area (Å²) in [6.07, 6.45) is 0.169. The molecule has 0 bridgehead atoms. The van der Waals surface area contributed by atoms with Crippen LogP contribution in [0.3, 0.4) is 0 Å². The van der Waals surface area contributed by atoms with Crippen LogP contribution in [0.1, 0.15) is 12.5 Å². The minimum absolute atomic E-state index is 0.169. The van der Waals surface area contributed by atoms with Crippen LogP contribution in [0, 0.1) is 17.2 Å². The van der Waals surface area contributed by atoms with Crippen LogP contribution in [0.15, 0.2) is 24.3 Å². The topological polar surface area (TPSA) is 70.3 Å². The fraction of sp³-hybridized carbons (Fsp3) is 0.333. The molecule has 0 aliphatic carbocycles. The average molecular weight is 219 g/mol. The van der Waals surface area contributed by atoms with Crippen molar-refractivity contribution in [3.63, 3.8) is 0 Å². The normalized spacial score (nSPS) is 11.5. The number of hydrogen-bond donors (Lipinski definition) is 1. The fourth-order valence-electron chi connectivity index (χ4n) is 1.38. The van der Waals surface area contributed by atoms with Crippen LogP contribution in [-0.2, 0) is 11.2 Å². The summed E-state index contributed by atoms with van der Waals surface area (Å²) in [6.45, 7) is 2.37. The third-order valence-electron chi connectivity index (χ3n) is 2.15. The maximum Gasteiger partial charge on any atom is 0.321 e. The van der Waals surface area contributed by atoms with E-state index in [0.717, 1.165) is 5.56 Å². The number of benzene rings is 1. The van der Waals surface area contributed by atoms with E-state index < -0.39 is 11.9 Å². The second-order valence-electron chi connectivity index (χ2n) is 3.26. The third kappa shape index (κ3) is 2.99. The van der Waals surface area contributed by atoms with E-state index in [9.17, 15) is 4.79 Å². The Morgan fingerprint density at radius 1 is 1.56 bits per heavy atom.